The van der Waals surface area contributed by atoms with E-state index in [-0.39, 0.29) is 17.4 Å². The van der Waals surface area contributed by atoms with Crippen LogP contribution >= 0.6 is 0 Å². The summed E-state index contributed by atoms with van der Waals surface area (Å²) in [5.41, 5.74) is 0. The third-order valence-electron chi connectivity index (χ3n) is 4.98. The Labute approximate surface area is 174 Å². The first kappa shape index (κ1) is 20.3. The number of ether oxygens (including phenoxy) is 2. The molecule has 0 bridgehead atoms. The lowest BCUT2D eigenvalue weighted by Gasteiger charge is -2.29. The van der Waals surface area contributed by atoms with E-state index in [0.29, 0.717) is 49.1 Å². The van der Waals surface area contributed by atoms with Crippen LogP contribution in [-0.4, -0.2) is 48.0 Å². The molecule has 10 heteroatoms. The van der Waals surface area contributed by atoms with Gasteiger partial charge in [0.2, 0.25) is 10.0 Å². The molecule has 0 spiro atoms. The van der Waals surface area contributed by atoms with Crippen molar-refractivity contribution in [2.45, 2.75) is 30.3 Å². The highest BCUT2D eigenvalue weighted by Crippen LogP contribution is 2.30. The molecule has 0 atom stereocenters. The molecule has 158 valence electrons. The Balaban J connectivity index is 1.36. The minimum atomic E-state index is -3.57. The van der Waals surface area contributed by atoms with Gasteiger partial charge in [-0.2, -0.15) is 9.29 Å². The summed E-state index contributed by atoms with van der Waals surface area (Å²) in [4.78, 5) is 8.62. The first-order chi connectivity index (χ1) is 14.6. The number of aromatic nitrogens is 3. The zero-order valence-electron chi connectivity index (χ0n) is 16.5. The second kappa shape index (κ2) is 8.80. The Kier molecular flexibility index (Phi) is 5.96. The molecule has 30 heavy (non-hydrogen) atoms. The van der Waals surface area contributed by atoms with Crippen LogP contribution in [0.4, 0.5) is 0 Å². The molecule has 0 amide bonds. The van der Waals surface area contributed by atoms with Gasteiger partial charge in [-0.05, 0) is 37.1 Å². The minimum Gasteiger partial charge on any atom is -0.497 e. The average molecular weight is 430 g/mol. The fourth-order valence-electron chi connectivity index (χ4n) is 3.34. The molecule has 1 fully saturated rings. The molecule has 2 aromatic heterocycles. The van der Waals surface area contributed by atoms with Gasteiger partial charge in [-0.3, -0.25) is 4.98 Å². The molecule has 1 aliphatic rings. The smallest absolute Gasteiger partial charge is 0.264 e. The topological polar surface area (TPSA) is 108 Å². The summed E-state index contributed by atoms with van der Waals surface area (Å²) in [6.07, 6.45) is 4.51. The molecule has 1 aliphatic heterocycles. The highest BCUT2D eigenvalue weighted by Gasteiger charge is 2.32. The van der Waals surface area contributed by atoms with E-state index in [1.165, 1.54) is 17.5 Å². The quantitative estimate of drug-likeness (QED) is 0.563. The summed E-state index contributed by atoms with van der Waals surface area (Å²) in [5, 5.41) is 4.05. The van der Waals surface area contributed by atoms with Crippen molar-refractivity contribution < 1.29 is 22.4 Å². The van der Waals surface area contributed by atoms with Crippen molar-refractivity contribution in [1.29, 1.82) is 0 Å². The summed E-state index contributed by atoms with van der Waals surface area (Å²) >= 11 is 0. The summed E-state index contributed by atoms with van der Waals surface area (Å²) < 4.78 is 43.3. The number of pyridine rings is 1. The van der Waals surface area contributed by atoms with Crippen molar-refractivity contribution in [1.82, 2.24) is 19.4 Å². The molecule has 0 aliphatic carbocycles. The Bertz CT molecular complexity index is 1080. The lowest BCUT2D eigenvalue weighted by molar-refractivity contribution is 0.241. The molecule has 3 heterocycles. The molecule has 1 aromatic carbocycles. The van der Waals surface area contributed by atoms with Gasteiger partial charge >= 0.3 is 0 Å². The van der Waals surface area contributed by atoms with Crippen molar-refractivity contribution in [2.75, 3.05) is 20.2 Å². The third-order valence-corrected chi connectivity index (χ3v) is 6.87. The average Bonchev–Trinajstić information content (AvgIpc) is 3.27. The van der Waals surface area contributed by atoms with Crippen LogP contribution in [-0.2, 0) is 16.6 Å². The van der Waals surface area contributed by atoms with Gasteiger partial charge in [-0.15, -0.1) is 0 Å². The lowest BCUT2D eigenvalue weighted by atomic mass is 9.98. The standard InChI is InChI=1S/C20H22N4O5S/c1-27-16-4-2-6-18(12-16)30(25,26)24-10-7-15(8-11-24)20-22-19(29-23-20)14-28-17-5-3-9-21-13-17/h2-6,9,12-13,15H,7-8,10-11,14H2,1H3. The monoisotopic (exact) mass is 430 g/mol. The summed E-state index contributed by atoms with van der Waals surface area (Å²) in [5.74, 6) is 2.13. The summed E-state index contributed by atoms with van der Waals surface area (Å²) in [6.45, 7) is 0.933. The number of hydrogen-bond acceptors (Lipinski definition) is 8. The lowest BCUT2D eigenvalue weighted by Crippen LogP contribution is -2.38. The van der Waals surface area contributed by atoms with Gasteiger partial charge in [0.05, 0.1) is 18.2 Å². The van der Waals surface area contributed by atoms with E-state index in [4.69, 9.17) is 14.0 Å². The second-order valence-electron chi connectivity index (χ2n) is 6.88. The minimum absolute atomic E-state index is 0.0395. The van der Waals surface area contributed by atoms with Gasteiger partial charge in [0, 0.05) is 31.3 Å². The van der Waals surface area contributed by atoms with Crippen molar-refractivity contribution in [3.8, 4) is 11.5 Å². The van der Waals surface area contributed by atoms with Crippen LogP contribution in [0.15, 0.2) is 58.2 Å². The number of methoxy groups -OCH3 is 1. The number of benzene rings is 1. The van der Waals surface area contributed by atoms with Gasteiger partial charge in [0.1, 0.15) is 11.5 Å². The number of nitrogens with zero attached hydrogens (tertiary/aromatic N) is 4. The van der Waals surface area contributed by atoms with Crippen molar-refractivity contribution in [3.63, 3.8) is 0 Å². The molecule has 9 nitrogen and oxygen atoms in total. The first-order valence-corrected chi connectivity index (χ1v) is 11.0. The zero-order chi connectivity index (χ0) is 21.0. The zero-order valence-corrected chi connectivity index (χ0v) is 17.3. The molecule has 3 aromatic rings. The van der Waals surface area contributed by atoms with E-state index >= 15 is 0 Å². The Morgan fingerprint density at radius 3 is 2.70 bits per heavy atom. The van der Waals surface area contributed by atoms with Gasteiger partial charge < -0.3 is 14.0 Å². The highest BCUT2D eigenvalue weighted by molar-refractivity contribution is 7.89. The molecule has 0 N–H and O–H groups in total. The number of sulfonamides is 1. The van der Waals surface area contributed by atoms with Crippen LogP contribution in [0, 0.1) is 0 Å². The number of rotatable bonds is 7. The Hall–Kier alpha value is -2.98. The van der Waals surface area contributed by atoms with Crippen LogP contribution in [0.3, 0.4) is 0 Å². The molecule has 4 rings (SSSR count). The number of piperidine rings is 1. The van der Waals surface area contributed by atoms with E-state index in [1.807, 2.05) is 0 Å². The van der Waals surface area contributed by atoms with Gasteiger partial charge in [0.25, 0.3) is 5.89 Å². The van der Waals surface area contributed by atoms with Gasteiger partial charge in [0.15, 0.2) is 12.4 Å². The van der Waals surface area contributed by atoms with E-state index in [9.17, 15) is 8.42 Å². The van der Waals surface area contributed by atoms with Crippen LogP contribution < -0.4 is 9.47 Å². The van der Waals surface area contributed by atoms with Crippen LogP contribution in [0.5, 0.6) is 11.5 Å². The van der Waals surface area contributed by atoms with Gasteiger partial charge in [-0.25, -0.2) is 8.42 Å². The first-order valence-electron chi connectivity index (χ1n) is 9.56. The van der Waals surface area contributed by atoms with Crippen LogP contribution in [0.25, 0.3) is 0 Å². The predicted molar refractivity (Wildman–Crippen MR) is 107 cm³/mol. The van der Waals surface area contributed by atoms with Gasteiger partial charge in [-0.1, -0.05) is 11.2 Å². The van der Waals surface area contributed by atoms with Crippen molar-refractivity contribution >= 4 is 10.0 Å². The van der Waals surface area contributed by atoms with Crippen LogP contribution in [0.2, 0.25) is 0 Å². The molecular formula is C20H22N4O5S. The maximum absolute atomic E-state index is 12.9. The predicted octanol–water partition coefficient (Wildman–Crippen LogP) is 2.62. The number of hydrogen-bond donors (Lipinski definition) is 0. The maximum Gasteiger partial charge on any atom is 0.264 e. The fourth-order valence-corrected chi connectivity index (χ4v) is 4.84. The molecular weight excluding hydrogens is 408 g/mol. The third kappa shape index (κ3) is 4.44. The van der Waals surface area contributed by atoms with E-state index < -0.39 is 10.0 Å². The van der Waals surface area contributed by atoms with E-state index in [0.717, 1.165) is 0 Å². The van der Waals surface area contributed by atoms with Crippen molar-refractivity contribution in [2.24, 2.45) is 0 Å². The molecule has 0 unspecified atom stereocenters. The molecule has 0 saturated carbocycles. The SMILES string of the molecule is COc1cccc(S(=O)(=O)N2CCC(c3noc(COc4cccnc4)n3)CC2)c1. The van der Waals surface area contributed by atoms with E-state index in [2.05, 4.69) is 15.1 Å². The molecule has 0 radical (unpaired) electrons. The van der Waals surface area contributed by atoms with Crippen LogP contribution in [0.1, 0.15) is 30.5 Å². The summed E-state index contributed by atoms with van der Waals surface area (Å²) in [6, 6.07) is 10.1. The fraction of sp³-hybridized carbons (Fsp3) is 0.350. The maximum atomic E-state index is 12.9. The second-order valence-corrected chi connectivity index (χ2v) is 8.82. The summed E-state index contributed by atoms with van der Waals surface area (Å²) in [7, 11) is -2.06. The van der Waals surface area contributed by atoms with E-state index in [1.54, 1.807) is 42.7 Å². The van der Waals surface area contributed by atoms with Crippen molar-refractivity contribution in [3.05, 3.63) is 60.5 Å². The Morgan fingerprint density at radius 1 is 1.17 bits per heavy atom. The largest absolute Gasteiger partial charge is 0.497 e. The molecule has 1 saturated heterocycles. The normalized spacial score (nSPS) is 15.8. The highest BCUT2D eigenvalue weighted by atomic mass is 32.2. The Morgan fingerprint density at radius 2 is 1.97 bits per heavy atom.